The molecule has 0 saturated carbocycles. The minimum absolute atomic E-state index is 0.531. The van der Waals surface area contributed by atoms with Crippen molar-refractivity contribution in [1.29, 1.82) is 0 Å². The molecule has 2 aromatic heterocycles. The summed E-state index contributed by atoms with van der Waals surface area (Å²) in [7, 11) is 3.38. The fourth-order valence-electron chi connectivity index (χ4n) is 2.60. The number of nitrogens with zero attached hydrogens (tertiary/aromatic N) is 3. The van der Waals surface area contributed by atoms with Gasteiger partial charge in [0, 0.05) is 50.3 Å². The molecule has 0 bridgehead atoms. The van der Waals surface area contributed by atoms with E-state index in [9.17, 15) is 0 Å². The number of methoxy groups -OCH3 is 1. The summed E-state index contributed by atoms with van der Waals surface area (Å²) in [5.74, 6) is 2.70. The van der Waals surface area contributed by atoms with E-state index in [1.54, 1.807) is 31.7 Å². The third-order valence-electron chi connectivity index (χ3n) is 4.08. The highest BCUT2D eigenvalue weighted by Gasteiger charge is 2.03. The van der Waals surface area contributed by atoms with Crippen molar-refractivity contribution in [2.75, 3.05) is 20.7 Å². The molecule has 0 aliphatic rings. The van der Waals surface area contributed by atoms with Crippen LogP contribution in [0.1, 0.15) is 16.3 Å². The molecule has 0 aliphatic heterocycles. The van der Waals surface area contributed by atoms with Crippen molar-refractivity contribution in [3.63, 3.8) is 0 Å². The minimum Gasteiger partial charge on any atom is -0.497 e. The Hall–Kier alpha value is -3.13. The third kappa shape index (κ3) is 6.46. The zero-order chi connectivity index (χ0) is 20.5. The first-order chi connectivity index (χ1) is 14.2. The van der Waals surface area contributed by atoms with Gasteiger partial charge in [-0.05, 0) is 24.6 Å². The van der Waals surface area contributed by atoms with Crippen molar-refractivity contribution in [3.05, 3.63) is 64.2 Å². The number of hydrogen-bond acceptors (Lipinski definition) is 6. The monoisotopic (exact) mass is 411 g/mol. The molecule has 0 aliphatic carbocycles. The first-order valence-electron chi connectivity index (χ1n) is 9.28. The number of thiazole rings is 1. The van der Waals surface area contributed by atoms with Crippen LogP contribution in [0.3, 0.4) is 0 Å². The molecule has 0 radical (unpaired) electrons. The van der Waals surface area contributed by atoms with Crippen LogP contribution in [0.15, 0.2) is 53.0 Å². The maximum atomic E-state index is 5.77. The van der Waals surface area contributed by atoms with Gasteiger partial charge in [0.25, 0.3) is 0 Å². The highest BCUT2D eigenvalue weighted by atomic mass is 32.1. The van der Waals surface area contributed by atoms with Crippen LogP contribution in [-0.4, -0.2) is 36.6 Å². The van der Waals surface area contributed by atoms with Gasteiger partial charge in [0.2, 0.25) is 5.88 Å². The maximum absolute atomic E-state index is 5.77. The van der Waals surface area contributed by atoms with Gasteiger partial charge in [0.05, 0.1) is 17.8 Å². The summed E-state index contributed by atoms with van der Waals surface area (Å²) in [6.07, 6.45) is 2.65. The fraction of sp³-hybridized carbons (Fsp3) is 0.286. The average molecular weight is 412 g/mol. The maximum Gasteiger partial charge on any atom is 0.219 e. The molecule has 3 rings (SSSR count). The normalized spacial score (nSPS) is 11.2. The second kappa shape index (κ2) is 10.4. The number of nitrogens with one attached hydrogen (secondary N) is 2. The Kier molecular flexibility index (Phi) is 7.40. The summed E-state index contributed by atoms with van der Waals surface area (Å²) in [5.41, 5.74) is 2.13. The standard InChI is InChI=1S/C21H25N5O2S/c1-15-26-17(14-29-15)9-10-23-21(22-2)25-13-16-7-8-20(24-12-16)28-19-6-4-5-18(11-19)27-3/h4-8,11-12,14H,9-10,13H2,1-3H3,(H2,22,23,25). The van der Waals surface area contributed by atoms with Crippen LogP contribution < -0.4 is 20.1 Å². The van der Waals surface area contributed by atoms with Gasteiger partial charge in [-0.1, -0.05) is 12.1 Å². The third-order valence-corrected chi connectivity index (χ3v) is 4.91. The van der Waals surface area contributed by atoms with Crippen molar-refractivity contribution in [1.82, 2.24) is 20.6 Å². The summed E-state index contributed by atoms with van der Waals surface area (Å²) in [6.45, 7) is 3.40. The van der Waals surface area contributed by atoms with Crippen molar-refractivity contribution < 1.29 is 9.47 Å². The number of rotatable bonds is 8. The zero-order valence-electron chi connectivity index (χ0n) is 16.8. The quantitative estimate of drug-likeness (QED) is 0.436. The molecule has 0 unspecified atom stereocenters. The predicted octanol–water partition coefficient (Wildman–Crippen LogP) is 3.56. The van der Waals surface area contributed by atoms with Gasteiger partial charge in [-0.25, -0.2) is 9.97 Å². The Morgan fingerprint density at radius 2 is 2.03 bits per heavy atom. The van der Waals surface area contributed by atoms with E-state index >= 15 is 0 Å². The largest absolute Gasteiger partial charge is 0.497 e. The number of aliphatic imine (C=N–C) groups is 1. The minimum atomic E-state index is 0.531. The first-order valence-corrected chi connectivity index (χ1v) is 10.2. The van der Waals surface area contributed by atoms with E-state index in [2.05, 4.69) is 31.0 Å². The zero-order valence-corrected chi connectivity index (χ0v) is 17.6. The van der Waals surface area contributed by atoms with Gasteiger partial charge in [0.1, 0.15) is 11.5 Å². The second-order valence-electron chi connectivity index (χ2n) is 6.25. The van der Waals surface area contributed by atoms with E-state index < -0.39 is 0 Å². The van der Waals surface area contributed by atoms with Crippen LogP contribution in [-0.2, 0) is 13.0 Å². The van der Waals surface area contributed by atoms with Gasteiger partial charge in [-0.15, -0.1) is 11.3 Å². The number of ether oxygens (including phenoxy) is 2. The average Bonchev–Trinajstić information content (AvgIpc) is 3.16. The van der Waals surface area contributed by atoms with E-state index in [-0.39, 0.29) is 0 Å². The number of guanidine groups is 1. The molecule has 0 fully saturated rings. The molecule has 0 spiro atoms. The Labute approximate surface area is 174 Å². The summed E-state index contributed by atoms with van der Waals surface area (Å²) in [6, 6.07) is 11.2. The van der Waals surface area contributed by atoms with Crippen LogP contribution in [0, 0.1) is 6.92 Å². The van der Waals surface area contributed by atoms with E-state index in [1.165, 1.54) is 0 Å². The van der Waals surface area contributed by atoms with Gasteiger partial charge in [-0.3, -0.25) is 4.99 Å². The van der Waals surface area contributed by atoms with Crippen LogP contribution in [0.4, 0.5) is 0 Å². The first kappa shape index (κ1) is 20.6. The smallest absolute Gasteiger partial charge is 0.219 e. The Morgan fingerprint density at radius 3 is 2.72 bits per heavy atom. The van der Waals surface area contributed by atoms with Crippen LogP contribution in [0.25, 0.3) is 0 Å². The molecule has 7 nitrogen and oxygen atoms in total. The summed E-state index contributed by atoms with van der Waals surface area (Å²) >= 11 is 1.67. The number of aryl methyl sites for hydroxylation is 1. The highest BCUT2D eigenvalue weighted by Crippen LogP contribution is 2.23. The number of pyridine rings is 1. The van der Waals surface area contributed by atoms with Gasteiger partial charge < -0.3 is 20.1 Å². The molecule has 2 heterocycles. The van der Waals surface area contributed by atoms with Gasteiger partial charge >= 0.3 is 0 Å². The molecular formula is C21H25N5O2S. The van der Waals surface area contributed by atoms with Gasteiger partial charge in [-0.2, -0.15) is 0 Å². The Morgan fingerprint density at radius 1 is 1.17 bits per heavy atom. The predicted molar refractivity (Wildman–Crippen MR) is 116 cm³/mol. The van der Waals surface area contributed by atoms with Crippen molar-refractivity contribution in [2.45, 2.75) is 19.9 Å². The van der Waals surface area contributed by atoms with Gasteiger partial charge in [0.15, 0.2) is 5.96 Å². The molecule has 2 N–H and O–H groups in total. The molecule has 29 heavy (non-hydrogen) atoms. The van der Waals surface area contributed by atoms with Crippen molar-refractivity contribution >= 4 is 17.3 Å². The lowest BCUT2D eigenvalue weighted by Crippen LogP contribution is -2.37. The fourth-order valence-corrected chi connectivity index (χ4v) is 3.25. The van der Waals surface area contributed by atoms with Crippen LogP contribution >= 0.6 is 11.3 Å². The molecule has 3 aromatic rings. The molecule has 0 atom stereocenters. The summed E-state index contributed by atoms with van der Waals surface area (Å²) in [4.78, 5) is 13.1. The van der Waals surface area contributed by atoms with Crippen molar-refractivity contribution in [2.24, 2.45) is 4.99 Å². The lowest BCUT2D eigenvalue weighted by Gasteiger charge is -2.12. The lowest BCUT2D eigenvalue weighted by atomic mass is 10.3. The van der Waals surface area contributed by atoms with E-state index in [0.29, 0.717) is 18.2 Å². The second-order valence-corrected chi connectivity index (χ2v) is 7.31. The topological polar surface area (TPSA) is 80.7 Å². The molecule has 152 valence electrons. The Balaban J connectivity index is 1.45. The molecular weight excluding hydrogens is 386 g/mol. The lowest BCUT2D eigenvalue weighted by molar-refractivity contribution is 0.407. The SMILES string of the molecule is CN=C(NCCc1csc(C)n1)NCc1ccc(Oc2cccc(OC)c2)nc1. The molecule has 0 amide bonds. The number of hydrogen-bond donors (Lipinski definition) is 2. The molecule has 1 aromatic carbocycles. The molecule has 8 heteroatoms. The number of aromatic nitrogens is 2. The highest BCUT2D eigenvalue weighted by molar-refractivity contribution is 7.09. The van der Waals surface area contributed by atoms with Crippen LogP contribution in [0.2, 0.25) is 0 Å². The number of benzene rings is 1. The van der Waals surface area contributed by atoms with E-state index in [0.717, 1.165) is 40.9 Å². The van der Waals surface area contributed by atoms with Crippen LogP contribution in [0.5, 0.6) is 17.4 Å². The summed E-state index contributed by atoms with van der Waals surface area (Å²) in [5, 5.41) is 9.77. The Bertz CT molecular complexity index is 940. The summed E-state index contributed by atoms with van der Waals surface area (Å²) < 4.78 is 11.0. The molecule has 0 saturated heterocycles. The van der Waals surface area contributed by atoms with E-state index in [4.69, 9.17) is 9.47 Å². The van der Waals surface area contributed by atoms with Crippen molar-refractivity contribution in [3.8, 4) is 17.4 Å². The van der Waals surface area contributed by atoms with E-state index in [1.807, 2.05) is 43.3 Å².